The monoisotopic (exact) mass is 495 g/mol. The number of ether oxygens (including phenoxy) is 2. The summed E-state index contributed by atoms with van der Waals surface area (Å²) in [6.45, 7) is 5.76. The number of hydrogen-bond acceptors (Lipinski definition) is 6. The smallest absolute Gasteiger partial charge is 0.274 e. The molecule has 1 amide bonds. The Morgan fingerprint density at radius 1 is 1.11 bits per heavy atom. The first kappa shape index (κ1) is 24.3. The summed E-state index contributed by atoms with van der Waals surface area (Å²) < 4.78 is 14.7. The van der Waals surface area contributed by atoms with E-state index in [0.717, 1.165) is 12.0 Å². The van der Waals surface area contributed by atoms with Gasteiger partial charge < -0.3 is 14.8 Å². The highest BCUT2D eigenvalue weighted by molar-refractivity contribution is 6.31. The molecule has 0 saturated heterocycles. The molecule has 0 aliphatic rings. The van der Waals surface area contributed by atoms with Crippen LogP contribution in [0.4, 0.5) is 5.69 Å². The Morgan fingerprint density at radius 2 is 1.91 bits per heavy atom. The molecule has 0 fully saturated rings. The highest BCUT2D eigenvalue weighted by Gasteiger charge is 2.14. The van der Waals surface area contributed by atoms with Crippen molar-refractivity contribution in [3.8, 4) is 11.5 Å². The molecule has 4 aromatic rings. The van der Waals surface area contributed by atoms with Crippen LogP contribution in [0.25, 0.3) is 5.78 Å². The highest BCUT2D eigenvalue weighted by atomic mass is 35.5. The first-order chi connectivity index (χ1) is 16.9. The average Bonchev–Trinajstić information content (AvgIpc) is 3.27. The molecule has 0 radical (unpaired) electrons. The van der Waals surface area contributed by atoms with Gasteiger partial charge in [0.05, 0.1) is 11.4 Å². The number of fused-ring (bicyclic) bond motifs is 1. The van der Waals surface area contributed by atoms with Gasteiger partial charge in [-0.1, -0.05) is 36.7 Å². The van der Waals surface area contributed by atoms with E-state index in [1.54, 1.807) is 29.2 Å². The van der Waals surface area contributed by atoms with Crippen molar-refractivity contribution in [2.75, 3.05) is 11.9 Å². The summed E-state index contributed by atoms with van der Waals surface area (Å²) in [6.07, 6.45) is 2.37. The van der Waals surface area contributed by atoms with Crippen LogP contribution in [0.2, 0.25) is 5.02 Å². The van der Waals surface area contributed by atoms with Gasteiger partial charge in [0, 0.05) is 17.1 Å². The van der Waals surface area contributed by atoms with E-state index in [1.807, 2.05) is 45.0 Å². The van der Waals surface area contributed by atoms with Crippen LogP contribution in [0.15, 0.2) is 59.7 Å². The SMILES string of the molecule is CCc1ccccc1OCC(=O)Nc1cc(Cl)ccc1OCc1cc(=O)n2c(ncn2C(C)C)n1. The van der Waals surface area contributed by atoms with Gasteiger partial charge in [-0.25, -0.2) is 4.98 Å². The fourth-order valence-corrected chi connectivity index (χ4v) is 3.73. The van der Waals surface area contributed by atoms with Crippen molar-refractivity contribution in [1.29, 1.82) is 0 Å². The van der Waals surface area contributed by atoms with Crippen molar-refractivity contribution in [2.24, 2.45) is 0 Å². The van der Waals surface area contributed by atoms with Gasteiger partial charge in [-0.15, -0.1) is 0 Å². The zero-order valence-electron chi connectivity index (χ0n) is 19.7. The standard InChI is InChI=1S/C25H26ClN5O4/c1-4-17-7-5-6-8-21(17)35-14-23(32)29-20-11-18(26)9-10-22(20)34-13-19-12-24(33)31-25(28-19)27-15-30(31)16(2)3/h5-12,15-16H,4,13-14H2,1-3H3,(H,29,32). The number of nitrogens with one attached hydrogen (secondary N) is 1. The number of hydrogen-bond donors (Lipinski definition) is 1. The van der Waals surface area contributed by atoms with E-state index in [4.69, 9.17) is 21.1 Å². The Morgan fingerprint density at radius 3 is 2.69 bits per heavy atom. The summed E-state index contributed by atoms with van der Waals surface area (Å²) in [4.78, 5) is 33.8. The van der Waals surface area contributed by atoms with Crippen molar-refractivity contribution in [3.63, 3.8) is 0 Å². The van der Waals surface area contributed by atoms with Crippen LogP contribution in [-0.2, 0) is 17.8 Å². The van der Waals surface area contributed by atoms with E-state index < -0.39 is 0 Å². The summed E-state index contributed by atoms with van der Waals surface area (Å²) in [6, 6.07) is 13.9. The van der Waals surface area contributed by atoms with Crippen molar-refractivity contribution in [2.45, 2.75) is 39.8 Å². The first-order valence-electron chi connectivity index (χ1n) is 11.2. The van der Waals surface area contributed by atoms with Crippen LogP contribution in [0.5, 0.6) is 11.5 Å². The number of carbonyl (C=O) groups is 1. The molecule has 9 nitrogen and oxygen atoms in total. The number of aryl methyl sites for hydroxylation is 1. The largest absolute Gasteiger partial charge is 0.485 e. The topological polar surface area (TPSA) is 99.7 Å². The van der Waals surface area contributed by atoms with Crippen molar-refractivity contribution in [1.82, 2.24) is 19.2 Å². The number of nitrogens with zero attached hydrogens (tertiary/aromatic N) is 4. The van der Waals surface area contributed by atoms with Gasteiger partial charge in [0.25, 0.3) is 17.2 Å². The minimum absolute atomic E-state index is 0.00512. The van der Waals surface area contributed by atoms with E-state index in [1.165, 1.54) is 10.6 Å². The second-order valence-electron chi connectivity index (χ2n) is 8.14. The molecule has 0 aliphatic heterocycles. The van der Waals surface area contributed by atoms with Gasteiger partial charge in [-0.05, 0) is 50.1 Å². The lowest BCUT2D eigenvalue weighted by Crippen LogP contribution is -2.23. The maximum atomic E-state index is 12.6. The molecule has 1 N–H and O–H groups in total. The fraction of sp³-hybridized carbons (Fsp3) is 0.280. The summed E-state index contributed by atoms with van der Waals surface area (Å²) in [5.41, 5.74) is 1.56. The lowest BCUT2D eigenvalue weighted by atomic mass is 10.1. The van der Waals surface area contributed by atoms with Crippen molar-refractivity contribution < 1.29 is 14.3 Å². The molecule has 4 rings (SSSR count). The van der Waals surface area contributed by atoms with Crippen LogP contribution < -0.4 is 20.3 Å². The number of para-hydroxylation sites is 1. The molecule has 0 unspecified atom stereocenters. The number of benzene rings is 2. The summed E-state index contributed by atoms with van der Waals surface area (Å²) in [7, 11) is 0. The molecule has 0 bridgehead atoms. The second kappa shape index (κ2) is 10.6. The van der Waals surface area contributed by atoms with Gasteiger partial charge in [-0.2, -0.15) is 9.50 Å². The third-order valence-corrected chi connectivity index (χ3v) is 5.52. The predicted octanol–water partition coefficient (Wildman–Crippen LogP) is 4.28. The lowest BCUT2D eigenvalue weighted by molar-refractivity contribution is -0.118. The third-order valence-electron chi connectivity index (χ3n) is 5.29. The Hall–Kier alpha value is -3.85. The van der Waals surface area contributed by atoms with Gasteiger partial charge in [0.15, 0.2) is 6.61 Å². The number of aromatic nitrogens is 4. The number of amides is 1. The fourth-order valence-electron chi connectivity index (χ4n) is 3.56. The Bertz CT molecular complexity index is 1410. The molecule has 2 heterocycles. The van der Waals surface area contributed by atoms with Crippen LogP contribution in [-0.4, -0.2) is 31.7 Å². The number of carbonyl (C=O) groups excluding carboxylic acids is 1. The molecule has 10 heteroatoms. The van der Waals surface area contributed by atoms with Crippen LogP contribution in [0, 0.1) is 0 Å². The molecular weight excluding hydrogens is 470 g/mol. The number of rotatable bonds is 9. The van der Waals surface area contributed by atoms with Gasteiger partial charge in [0.1, 0.15) is 24.4 Å². The van der Waals surface area contributed by atoms with Gasteiger partial charge in [0.2, 0.25) is 0 Å². The molecule has 182 valence electrons. The van der Waals surface area contributed by atoms with Gasteiger partial charge >= 0.3 is 0 Å². The van der Waals surface area contributed by atoms with Gasteiger partial charge in [-0.3, -0.25) is 14.3 Å². The van der Waals surface area contributed by atoms with E-state index in [9.17, 15) is 9.59 Å². The minimum Gasteiger partial charge on any atom is -0.485 e. The molecule has 2 aromatic heterocycles. The van der Waals surface area contributed by atoms with Crippen LogP contribution >= 0.6 is 11.6 Å². The quantitative estimate of drug-likeness (QED) is 0.372. The zero-order chi connectivity index (χ0) is 24.9. The van der Waals surface area contributed by atoms with E-state index in [-0.39, 0.29) is 30.7 Å². The maximum absolute atomic E-state index is 12.6. The summed E-state index contributed by atoms with van der Waals surface area (Å²) >= 11 is 6.14. The van der Waals surface area contributed by atoms with Crippen molar-refractivity contribution in [3.05, 3.63) is 81.5 Å². The number of anilines is 1. The highest BCUT2D eigenvalue weighted by Crippen LogP contribution is 2.29. The minimum atomic E-state index is -0.361. The first-order valence-corrected chi connectivity index (χ1v) is 11.6. The second-order valence-corrected chi connectivity index (χ2v) is 8.58. The molecule has 0 spiro atoms. The molecule has 0 saturated carbocycles. The lowest BCUT2D eigenvalue weighted by Gasteiger charge is -2.14. The summed E-state index contributed by atoms with van der Waals surface area (Å²) in [5.74, 6) is 0.978. The van der Waals surface area contributed by atoms with Crippen LogP contribution in [0.3, 0.4) is 0 Å². The molecule has 0 aliphatic carbocycles. The Kier molecular flexibility index (Phi) is 7.36. The van der Waals surface area contributed by atoms with Crippen molar-refractivity contribution >= 4 is 29.0 Å². The Balaban J connectivity index is 1.46. The van der Waals surface area contributed by atoms with E-state index in [0.29, 0.717) is 33.7 Å². The summed E-state index contributed by atoms with van der Waals surface area (Å²) in [5, 5.41) is 3.21. The van der Waals surface area contributed by atoms with E-state index >= 15 is 0 Å². The molecule has 0 atom stereocenters. The maximum Gasteiger partial charge on any atom is 0.274 e. The normalized spacial score (nSPS) is 11.1. The third kappa shape index (κ3) is 5.63. The predicted molar refractivity (Wildman–Crippen MR) is 133 cm³/mol. The van der Waals surface area contributed by atoms with E-state index in [2.05, 4.69) is 15.3 Å². The molecular formula is C25H26ClN5O4. The molecule has 2 aromatic carbocycles. The zero-order valence-corrected chi connectivity index (χ0v) is 20.5. The Labute approximate surface area is 207 Å². The average molecular weight is 496 g/mol. The molecule has 35 heavy (non-hydrogen) atoms. The number of halogens is 1. The van der Waals surface area contributed by atoms with Crippen LogP contribution in [0.1, 0.15) is 38.1 Å².